The van der Waals surface area contributed by atoms with Crippen LogP contribution in [0.1, 0.15) is 40.3 Å². The van der Waals surface area contributed by atoms with Crippen LogP contribution in [0.2, 0.25) is 0 Å². The number of urea groups is 1. The molecule has 0 unspecified atom stereocenters. The summed E-state index contributed by atoms with van der Waals surface area (Å²) in [5.74, 6) is -0.243. The van der Waals surface area contributed by atoms with E-state index in [1.165, 1.54) is 23.5 Å². The van der Waals surface area contributed by atoms with Gasteiger partial charge in [0.2, 0.25) is 0 Å². The number of thiazole rings is 1. The van der Waals surface area contributed by atoms with E-state index in [2.05, 4.69) is 15.6 Å². The van der Waals surface area contributed by atoms with Crippen LogP contribution >= 0.6 is 11.3 Å². The highest BCUT2D eigenvalue weighted by molar-refractivity contribution is 7.15. The first-order valence-electron chi connectivity index (χ1n) is 8.85. The third kappa shape index (κ3) is 4.11. The van der Waals surface area contributed by atoms with Gasteiger partial charge in [0.15, 0.2) is 5.13 Å². The van der Waals surface area contributed by atoms with Crippen LogP contribution < -0.4 is 10.6 Å². The summed E-state index contributed by atoms with van der Waals surface area (Å²) in [6.45, 7) is 6.15. The fourth-order valence-corrected chi connectivity index (χ4v) is 4.06. The van der Waals surface area contributed by atoms with Crippen molar-refractivity contribution in [2.45, 2.75) is 39.8 Å². The second kappa shape index (κ2) is 7.93. The summed E-state index contributed by atoms with van der Waals surface area (Å²) in [6.07, 6.45) is 0.568. The van der Waals surface area contributed by atoms with Crippen LogP contribution in [-0.2, 0) is 13.0 Å². The van der Waals surface area contributed by atoms with E-state index in [4.69, 9.17) is 0 Å². The molecule has 0 fully saturated rings. The molecule has 28 heavy (non-hydrogen) atoms. The van der Waals surface area contributed by atoms with Crippen molar-refractivity contribution in [3.05, 3.63) is 50.0 Å². The molecule has 2 heterocycles. The van der Waals surface area contributed by atoms with E-state index in [-0.39, 0.29) is 23.7 Å². The van der Waals surface area contributed by atoms with Gasteiger partial charge in [-0.05, 0) is 26.8 Å². The smallest absolute Gasteiger partial charge is 0.321 e. The molecule has 9 nitrogen and oxygen atoms in total. The summed E-state index contributed by atoms with van der Waals surface area (Å²) in [7, 11) is 0. The van der Waals surface area contributed by atoms with Crippen LogP contribution in [0.4, 0.5) is 15.6 Å². The van der Waals surface area contributed by atoms with Gasteiger partial charge in [-0.1, -0.05) is 17.4 Å². The lowest BCUT2D eigenvalue weighted by Gasteiger charge is -2.26. The predicted octanol–water partition coefficient (Wildman–Crippen LogP) is 3.09. The van der Waals surface area contributed by atoms with Gasteiger partial charge in [0.05, 0.1) is 17.2 Å². The molecule has 1 aliphatic heterocycles. The van der Waals surface area contributed by atoms with Gasteiger partial charge in [0, 0.05) is 41.1 Å². The zero-order valence-corrected chi connectivity index (χ0v) is 16.6. The average molecular weight is 403 g/mol. The van der Waals surface area contributed by atoms with Gasteiger partial charge in [-0.3, -0.25) is 20.2 Å². The number of anilines is 1. The van der Waals surface area contributed by atoms with Crippen LogP contribution in [0.15, 0.2) is 18.2 Å². The Labute approximate surface area is 165 Å². The van der Waals surface area contributed by atoms with Crippen molar-refractivity contribution in [2.75, 3.05) is 11.9 Å². The van der Waals surface area contributed by atoms with E-state index in [0.29, 0.717) is 35.8 Å². The monoisotopic (exact) mass is 403 g/mol. The number of carbonyl (C=O) groups is 2. The normalized spacial score (nSPS) is 13.2. The van der Waals surface area contributed by atoms with Crippen molar-refractivity contribution in [1.29, 1.82) is 0 Å². The van der Waals surface area contributed by atoms with Gasteiger partial charge in [-0.15, -0.1) is 0 Å². The molecule has 2 aromatic rings. The number of hydrogen-bond acceptors (Lipinski definition) is 6. The maximum absolute atomic E-state index is 12.9. The summed E-state index contributed by atoms with van der Waals surface area (Å²) >= 11 is 1.33. The second-order valence-corrected chi connectivity index (χ2v) is 7.91. The molecule has 0 spiro atoms. The fraction of sp³-hybridized carbons (Fsp3) is 0.389. The lowest BCUT2D eigenvalue weighted by atomic mass is 10.0. The van der Waals surface area contributed by atoms with Crippen molar-refractivity contribution in [2.24, 2.45) is 0 Å². The van der Waals surface area contributed by atoms with Crippen LogP contribution in [0.5, 0.6) is 0 Å². The molecule has 2 N–H and O–H groups in total. The number of benzene rings is 1. The average Bonchev–Trinajstić information content (AvgIpc) is 3.01. The Morgan fingerprint density at radius 3 is 2.79 bits per heavy atom. The summed E-state index contributed by atoms with van der Waals surface area (Å²) in [6, 6.07) is 4.22. The maximum Gasteiger partial charge on any atom is 0.321 e. The minimum atomic E-state index is -0.482. The van der Waals surface area contributed by atoms with Crippen molar-refractivity contribution < 1.29 is 14.5 Å². The molecule has 1 aliphatic rings. The number of rotatable bonds is 4. The quantitative estimate of drug-likeness (QED) is 0.601. The first kappa shape index (κ1) is 19.7. The molecule has 1 aromatic carbocycles. The first-order valence-corrected chi connectivity index (χ1v) is 9.67. The summed E-state index contributed by atoms with van der Waals surface area (Å²) < 4.78 is 0. The molecule has 0 atom stereocenters. The molecule has 10 heteroatoms. The zero-order chi connectivity index (χ0) is 20.4. The predicted molar refractivity (Wildman–Crippen MR) is 106 cm³/mol. The molecule has 0 bridgehead atoms. The first-order chi connectivity index (χ1) is 13.3. The maximum atomic E-state index is 12.9. The lowest BCUT2D eigenvalue weighted by molar-refractivity contribution is -0.385. The Morgan fingerprint density at radius 1 is 1.36 bits per heavy atom. The summed E-state index contributed by atoms with van der Waals surface area (Å²) in [4.78, 5) is 42.4. The summed E-state index contributed by atoms with van der Waals surface area (Å²) in [5, 5.41) is 17.1. The number of amides is 3. The number of nitrogens with one attached hydrogen (secondary N) is 2. The van der Waals surface area contributed by atoms with E-state index >= 15 is 0 Å². The Morgan fingerprint density at radius 2 is 2.11 bits per heavy atom. The van der Waals surface area contributed by atoms with E-state index in [1.54, 1.807) is 17.9 Å². The fourth-order valence-electron chi connectivity index (χ4n) is 3.04. The molecule has 148 valence electrons. The number of aromatic nitrogens is 1. The molecule has 3 rings (SSSR count). The number of nitro benzene ring substituents is 1. The third-order valence-corrected chi connectivity index (χ3v) is 5.39. The van der Waals surface area contributed by atoms with Crippen molar-refractivity contribution in [3.8, 4) is 0 Å². The number of hydrogen-bond donors (Lipinski definition) is 2. The topological polar surface area (TPSA) is 117 Å². The number of carbonyl (C=O) groups excluding carboxylic acids is 2. The van der Waals surface area contributed by atoms with Crippen LogP contribution in [-0.4, -0.2) is 39.3 Å². The van der Waals surface area contributed by atoms with Crippen molar-refractivity contribution in [3.63, 3.8) is 0 Å². The zero-order valence-electron chi connectivity index (χ0n) is 15.8. The molecule has 1 aromatic heterocycles. The van der Waals surface area contributed by atoms with Crippen LogP contribution in [0, 0.1) is 17.0 Å². The number of nitro groups is 1. The van der Waals surface area contributed by atoms with Gasteiger partial charge < -0.3 is 10.2 Å². The van der Waals surface area contributed by atoms with Gasteiger partial charge in [0.1, 0.15) is 0 Å². The van der Waals surface area contributed by atoms with Crippen LogP contribution in [0.3, 0.4) is 0 Å². The Bertz CT molecular complexity index is 940. The molecule has 0 saturated heterocycles. The molecule has 0 aliphatic carbocycles. The third-order valence-electron chi connectivity index (χ3n) is 4.39. The van der Waals surface area contributed by atoms with E-state index in [9.17, 15) is 19.7 Å². The highest BCUT2D eigenvalue weighted by atomic mass is 32.1. The SMILES string of the molecule is Cc1c(C(=O)N2CCc3nc(NC(=O)NC(C)C)sc3C2)cccc1[N+](=O)[O-]. The molecule has 0 saturated carbocycles. The lowest BCUT2D eigenvalue weighted by Crippen LogP contribution is -2.36. The largest absolute Gasteiger partial charge is 0.336 e. The molecule has 0 radical (unpaired) electrons. The van der Waals surface area contributed by atoms with Gasteiger partial charge >= 0.3 is 6.03 Å². The minimum Gasteiger partial charge on any atom is -0.336 e. The van der Waals surface area contributed by atoms with Crippen LogP contribution in [0.25, 0.3) is 0 Å². The molecular weight excluding hydrogens is 382 g/mol. The van der Waals surface area contributed by atoms with Gasteiger partial charge in [-0.2, -0.15) is 0 Å². The second-order valence-electron chi connectivity index (χ2n) is 6.83. The number of fused-ring (bicyclic) bond motifs is 1. The standard InChI is InChI=1S/C18H21N5O4S/c1-10(2)19-17(25)21-18-20-13-7-8-22(9-15(13)28-18)16(24)12-5-4-6-14(11(12)3)23(26)27/h4-6,10H,7-9H2,1-3H3,(H2,19,20,21,25). The highest BCUT2D eigenvalue weighted by Crippen LogP contribution is 2.30. The van der Waals surface area contributed by atoms with Gasteiger partial charge in [-0.25, -0.2) is 9.78 Å². The van der Waals surface area contributed by atoms with E-state index in [1.807, 2.05) is 13.8 Å². The Hall–Kier alpha value is -3.01. The highest BCUT2D eigenvalue weighted by Gasteiger charge is 2.27. The minimum absolute atomic E-state index is 0.0147. The van der Waals surface area contributed by atoms with E-state index < -0.39 is 4.92 Å². The summed E-state index contributed by atoms with van der Waals surface area (Å²) in [5.41, 5.74) is 1.49. The molecule has 3 amide bonds. The Balaban J connectivity index is 1.75. The van der Waals surface area contributed by atoms with E-state index in [0.717, 1.165) is 10.6 Å². The molecular formula is C18H21N5O4S. The van der Waals surface area contributed by atoms with Gasteiger partial charge in [0.25, 0.3) is 11.6 Å². The number of nitrogens with zero attached hydrogens (tertiary/aromatic N) is 3. The Kier molecular flexibility index (Phi) is 5.59. The van der Waals surface area contributed by atoms with Crippen molar-refractivity contribution >= 4 is 34.1 Å². The van der Waals surface area contributed by atoms with Crippen molar-refractivity contribution in [1.82, 2.24) is 15.2 Å².